The van der Waals surface area contributed by atoms with E-state index in [2.05, 4.69) is 10.6 Å². The summed E-state index contributed by atoms with van der Waals surface area (Å²) in [7, 11) is 1.20. The first-order valence-corrected chi connectivity index (χ1v) is 14.3. The zero-order chi connectivity index (χ0) is 28.4. The van der Waals surface area contributed by atoms with Crippen LogP contribution < -0.4 is 29.2 Å². The molecular weight excluding hydrogens is 518 g/mol. The first-order chi connectivity index (χ1) is 18.5. The molecule has 0 unspecified atom stereocenters. The van der Waals surface area contributed by atoms with E-state index in [4.69, 9.17) is 13.7 Å². The summed E-state index contributed by atoms with van der Waals surface area (Å²) in [5, 5.41) is 6.83. The Morgan fingerprint density at radius 3 is 2.36 bits per heavy atom. The topological polar surface area (TPSA) is 106 Å². The fourth-order valence-electron chi connectivity index (χ4n) is 4.82. The van der Waals surface area contributed by atoms with Crippen molar-refractivity contribution in [1.82, 2.24) is 0 Å². The van der Waals surface area contributed by atoms with Crippen LogP contribution in [0.15, 0.2) is 54.6 Å². The van der Waals surface area contributed by atoms with Crippen LogP contribution in [0.5, 0.6) is 17.2 Å². The van der Waals surface area contributed by atoms with Gasteiger partial charge in [-0.05, 0) is 56.2 Å². The highest BCUT2D eigenvalue weighted by Crippen LogP contribution is 2.45. The molecule has 0 aromatic heterocycles. The molecule has 4 rings (SSSR count). The quantitative estimate of drug-likeness (QED) is 0.327. The normalized spacial score (nSPS) is 14.3. The highest BCUT2D eigenvalue weighted by atomic mass is 32.2. The lowest BCUT2D eigenvalue weighted by atomic mass is 9.91. The van der Waals surface area contributed by atoms with Gasteiger partial charge in [0.05, 0.1) is 37.0 Å². The van der Waals surface area contributed by atoms with Crippen LogP contribution in [-0.4, -0.2) is 46.9 Å². The maximum absolute atomic E-state index is 13.3. The van der Waals surface area contributed by atoms with E-state index >= 15 is 0 Å². The number of hydrogen-bond acceptors (Lipinski definition) is 8. The van der Waals surface area contributed by atoms with Crippen molar-refractivity contribution in [2.45, 2.75) is 39.3 Å². The molecule has 9 nitrogen and oxygen atoms in total. The van der Waals surface area contributed by atoms with Crippen LogP contribution in [0.4, 0.5) is 17.1 Å². The van der Waals surface area contributed by atoms with E-state index in [1.54, 1.807) is 44.2 Å². The summed E-state index contributed by atoms with van der Waals surface area (Å²) < 4.78 is 40.9. The van der Waals surface area contributed by atoms with Gasteiger partial charge in [-0.2, -0.15) is 8.42 Å². The summed E-state index contributed by atoms with van der Waals surface area (Å²) in [5.41, 5.74) is 4.00. The lowest BCUT2D eigenvalue weighted by Crippen LogP contribution is -2.52. The van der Waals surface area contributed by atoms with E-state index in [9.17, 15) is 13.2 Å². The van der Waals surface area contributed by atoms with Gasteiger partial charge >= 0.3 is 10.1 Å². The summed E-state index contributed by atoms with van der Waals surface area (Å²) in [4.78, 5) is 14.9. The number of amides is 1. The van der Waals surface area contributed by atoms with Gasteiger partial charge in [-0.25, -0.2) is 0 Å². The van der Waals surface area contributed by atoms with Crippen molar-refractivity contribution in [2.24, 2.45) is 0 Å². The molecule has 1 aliphatic heterocycles. The van der Waals surface area contributed by atoms with Gasteiger partial charge in [-0.15, -0.1) is 0 Å². The summed E-state index contributed by atoms with van der Waals surface area (Å²) in [6.07, 6.45) is 0.451. The minimum atomic E-state index is -3.71. The Bertz CT molecular complexity index is 1490. The second-order valence-electron chi connectivity index (χ2n) is 9.86. The number of carbonyl (C=O) groups excluding carboxylic acids is 1. The lowest BCUT2D eigenvalue weighted by molar-refractivity contribution is -0.121. The smallest absolute Gasteiger partial charge is 0.309 e. The van der Waals surface area contributed by atoms with E-state index in [1.807, 2.05) is 50.2 Å². The summed E-state index contributed by atoms with van der Waals surface area (Å²) in [5.74, 6) is 1.16. The SMILES string of the molecule is CCCS(=O)(=O)Oc1ccc(-c2ccc3c(c2CNc2ccccc2OC)N(C)C(=O)C(C)(C)N3)c(OC)c1. The third kappa shape index (κ3) is 5.75. The Morgan fingerprint density at radius 1 is 0.974 bits per heavy atom. The molecule has 1 heterocycles. The molecule has 0 aliphatic carbocycles. The van der Waals surface area contributed by atoms with Gasteiger partial charge in [-0.1, -0.05) is 25.1 Å². The minimum absolute atomic E-state index is 0.0671. The van der Waals surface area contributed by atoms with Crippen molar-refractivity contribution in [3.63, 3.8) is 0 Å². The number of methoxy groups -OCH3 is 2. The number of rotatable bonds is 10. The van der Waals surface area contributed by atoms with Crippen molar-refractivity contribution in [3.8, 4) is 28.4 Å². The number of nitrogens with one attached hydrogen (secondary N) is 2. The number of ether oxygens (including phenoxy) is 2. The molecule has 39 heavy (non-hydrogen) atoms. The Kier molecular flexibility index (Phi) is 7.96. The fourth-order valence-corrected chi connectivity index (χ4v) is 5.80. The fraction of sp³-hybridized carbons (Fsp3) is 0.345. The second kappa shape index (κ2) is 11.1. The van der Waals surface area contributed by atoms with E-state index in [0.717, 1.165) is 33.8 Å². The average Bonchev–Trinajstić information content (AvgIpc) is 2.90. The zero-order valence-electron chi connectivity index (χ0n) is 23.1. The molecule has 0 bridgehead atoms. The minimum Gasteiger partial charge on any atom is -0.496 e. The van der Waals surface area contributed by atoms with E-state index in [1.165, 1.54) is 7.11 Å². The van der Waals surface area contributed by atoms with Gasteiger partial charge in [-0.3, -0.25) is 4.79 Å². The molecule has 0 atom stereocenters. The number of benzene rings is 3. The van der Waals surface area contributed by atoms with E-state index in [0.29, 0.717) is 24.5 Å². The highest BCUT2D eigenvalue weighted by molar-refractivity contribution is 7.87. The van der Waals surface area contributed by atoms with E-state index in [-0.39, 0.29) is 17.4 Å². The molecule has 208 valence electrons. The zero-order valence-corrected chi connectivity index (χ0v) is 23.9. The molecule has 2 N–H and O–H groups in total. The molecule has 3 aromatic rings. The molecule has 10 heteroatoms. The van der Waals surface area contributed by atoms with Gasteiger partial charge in [0.1, 0.15) is 22.8 Å². The molecule has 0 saturated heterocycles. The lowest BCUT2D eigenvalue weighted by Gasteiger charge is -2.40. The number of nitrogens with zero attached hydrogens (tertiary/aromatic N) is 1. The molecule has 0 spiro atoms. The van der Waals surface area contributed by atoms with Crippen molar-refractivity contribution in [3.05, 3.63) is 60.2 Å². The van der Waals surface area contributed by atoms with Crippen LogP contribution >= 0.6 is 0 Å². The number of hydrogen-bond donors (Lipinski definition) is 2. The average molecular weight is 554 g/mol. The number of para-hydroxylation sites is 2. The monoisotopic (exact) mass is 553 g/mol. The first kappa shape index (κ1) is 28.1. The van der Waals surface area contributed by atoms with Crippen LogP contribution in [0.25, 0.3) is 11.1 Å². The third-order valence-corrected chi connectivity index (χ3v) is 7.96. The van der Waals surface area contributed by atoms with E-state index < -0.39 is 15.7 Å². The van der Waals surface area contributed by atoms with Crippen LogP contribution in [-0.2, 0) is 21.5 Å². The van der Waals surface area contributed by atoms with Crippen molar-refractivity contribution in [1.29, 1.82) is 0 Å². The molecular formula is C29H35N3O6S. The van der Waals surface area contributed by atoms with Crippen molar-refractivity contribution >= 4 is 33.1 Å². The van der Waals surface area contributed by atoms with Crippen LogP contribution in [0.1, 0.15) is 32.8 Å². The molecule has 0 radical (unpaired) electrons. The number of likely N-dealkylation sites (N-methyl/N-ethyl adjacent to an activating group) is 1. The number of carbonyl (C=O) groups is 1. The molecule has 1 amide bonds. The predicted octanol–water partition coefficient (Wildman–Crippen LogP) is 5.27. The van der Waals surface area contributed by atoms with Crippen molar-refractivity contribution < 1.29 is 26.9 Å². The number of fused-ring (bicyclic) bond motifs is 1. The number of anilines is 3. The molecule has 1 aliphatic rings. The second-order valence-corrected chi connectivity index (χ2v) is 11.6. The predicted molar refractivity (Wildman–Crippen MR) is 155 cm³/mol. The van der Waals surface area contributed by atoms with Gasteiger partial charge < -0.3 is 29.2 Å². The molecule has 0 fully saturated rings. The van der Waals surface area contributed by atoms with Crippen molar-refractivity contribution in [2.75, 3.05) is 42.6 Å². The largest absolute Gasteiger partial charge is 0.496 e. The van der Waals surface area contributed by atoms with Gasteiger partial charge in [0.2, 0.25) is 0 Å². The standard InChI is InChI=1S/C29H35N3O6S/c1-7-16-39(34,35)38-19-12-13-21(26(17-19)37-6)20-14-15-24-27(32(4)28(33)29(2,3)31-24)22(20)18-30-23-10-8-9-11-25(23)36-5/h8-15,17,30-31H,7,16,18H2,1-6H3. The summed E-state index contributed by atoms with van der Waals surface area (Å²) in [6, 6.07) is 16.5. The third-order valence-electron chi connectivity index (χ3n) is 6.61. The van der Waals surface area contributed by atoms with Gasteiger partial charge in [0.15, 0.2) is 0 Å². The first-order valence-electron chi connectivity index (χ1n) is 12.7. The maximum Gasteiger partial charge on any atom is 0.309 e. The van der Waals surface area contributed by atoms with Gasteiger partial charge in [0.25, 0.3) is 5.91 Å². The van der Waals surface area contributed by atoms with Crippen LogP contribution in [0.2, 0.25) is 0 Å². The summed E-state index contributed by atoms with van der Waals surface area (Å²) in [6.45, 7) is 5.84. The highest BCUT2D eigenvalue weighted by Gasteiger charge is 2.38. The summed E-state index contributed by atoms with van der Waals surface area (Å²) >= 11 is 0. The molecule has 3 aromatic carbocycles. The van der Waals surface area contributed by atoms with Gasteiger partial charge in [0, 0.05) is 30.8 Å². The molecule has 0 saturated carbocycles. The van der Waals surface area contributed by atoms with Crippen LogP contribution in [0, 0.1) is 0 Å². The Balaban J connectivity index is 1.84. The Hall–Kier alpha value is -3.92. The van der Waals surface area contributed by atoms with Crippen LogP contribution in [0.3, 0.4) is 0 Å². The Morgan fingerprint density at radius 2 is 1.67 bits per heavy atom. The Labute approximate surface area is 230 Å². The maximum atomic E-state index is 13.3.